The highest BCUT2D eigenvalue weighted by Crippen LogP contribution is 2.33. The van der Waals surface area contributed by atoms with Gasteiger partial charge in [-0.3, -0.25) is 0 Å². The quantitative estimate of drug-likeness (QED) is 0.568. The number of hydrogen-bond acceptors (Lipinski definition) is 1. The van der Waals surface area contributed by atoms with Crippen molar-refractivity contribution in [2.75, 3.05) is 0 Å². The highest BCUT2D eigenvalue weighted by atomic mass is 35.5. The van der Waals surface area contributed by atoms with E-state index in [0.29, 0.717) is 6.42 Å². The summed E-state index contributed by atoms with van der Waals surface area (Å²) >= 11 is 0. The molecule has 56 valence electrons. The van der Waals surface area contributed by atoms with Gasteiger partial charge in [0.1, 0.15) is 0 Å². The molecule has 0 spiro atoms. The molecule has 0 saturated heterocycles. The van der Waals surface area contributed by atoms with Crippen LogP contribution in [0.2, 0.25) is 0 Å². The van der Waals surface area contributed by atoms with Gasteiger partial charge >= 0.3 is 0 Å². The van der Waals surface area contributed by atoms with Crippen LogP contribution < -0.4 is 5.73 Å². The predicted octanol–water partition coefficient (Wildman–Crippen LogP) is 1.55. The first-order valence-electron chi connectivity index (χ1n) is 2.73. The van der Waals surface area contributed by atoms with Gasteiger partial charge in [0.15, 0.2) is 0 Å². The minimum atomic E-state index is -2.46. The van der Waals surface area contributed by atoms with Crippen LogP contribution in [-0.2, 0) is 0 Å². The second-order valence-electron chi connectivity index (χ2n) is 2.36. The number of hydrogen-bond donors (Lipinski definition) is 1. The number of nitrogens with two attached hydrogens (primary N) is 1. The van der Waals surface area contributed by atoms with Crippen LogP contribution >= 0.6 is 12.4 Å². The third-order valence-corrected chi connectivity index (χ3v) is 1.44. The van der Waals surface area contributed by atoms with Crippen LogP contribution in [0, 0.1) is 0 Å². The molecule has 1 nitrogen and oxygen atoms in total. The summed E-state index contributed by atoms with van der Waals surface area (Å²) in [5, 5.41) is 0. The van der Waals surface area contributed by atoms with Gasteiger partial charge in [0.2, 0.25) is 5.92 Å². The van der Waals surface area contributed by atoms with E-state index in [1.807, 2.05) is 0 Å². The molecule has 1 aliphatic carbocycles. The zero-order valence-electron chi connectivity index (χ0n) is 4.94. The van der Waals surface area contributed by atoms with Gasteiger partial charge in [-0.25, -0.2) is 8.78 Å². The second-order valence-corrected chi connectivity index (χ2v) is 2.36. The third-order valence-electron chi connectivity index (χ3n) is 1.44. The van der Waals surface area contributed by atoms with Gasteiger partial charge < -0.3 is 5.73 Å². The molecule has 9 heavy (non-hydrogen) atoms. The maximum atomic E-state index is 12.1. The lowest BCUT2D eigenvalue weighted by molar-refractivity contribution is 0.00803. The van der Waals surface area contributed by atoms with E-state index in [1.165, 1.54) is 0 Å². The smallest absolute Gasteiger partial charge is 0.249 e. The fourth-order valence-corrected chi connectivity index (χ4v) is 0.984. The van der Waals surface area contributed by atoms with Crippen LogP contribution in [0.1, 0.15) is 19.3 Å². The average Bonchev–Trinajstić information content (AvgIpc) is 1.82. The Morgan fingerprint density at radius 3 is 2.11 bits per heavy atom. The molecule has 0 radical (unpaired) electrons. The number of halogens is 3. The molecule has 0 aromatic heterocycles. The molecule has 0 aromatic carbocycles. The summed E-state index contributed by atoms with van der Waals surface area (Å²) in [5.74, 6) is -2.46. The van der Waals surface area contributed by atoms with E-state index in [4.69, 9.17) is 5.73 Å². The van der Waals surface area contributed by atoms with Crippen molar-refractivity contribution < 1.29 is 8.78 Å². The van der Waals surface area contributed by atoms with Crippen LogP contribution in [0.3, 0.4) is 0 Å². The van der Waals surface area contributed by atoms with E-state index >= 15 is 0 Å². The Labute approximate surface area is 59.0 Å². The lowest BCUT2D eigenvalue weighted by Gasteiger charge is -2.04. The van der Waals surface area contributed by atoms with Crippen molar-refractivity contribution in [2.24, 2.45) is 5.73 Å². The Hall–Kier alpha value is 0.110. The SMILES string of the molecule is Cl.N[C@@H]1CCC(F)(F)C1. The fourth-order valence-electron chi connectivity index (χ4n) is 0.984. The largest absolute Gasteiger partial charge is 0.327 e. The average molecular weight is 158 g/mol. The Morgan fingerprint density at radius 1 is 1.44 bits per heavy atom. The maximum Gasteiger partial charge on any atom is 0.249 e. The predicted molar refractivity (Wildman–Crippen MR) is 34.0 cm³/mol. The molecule has 2 N–H and O–H groups in total. The van der Waals surface area contributed by atoms with Crippen molar-refractivity contribution in [3.63, 3.8) is 0 Å². The second kappa shape index (κ2) is 2.80. The Balaban J connectivity index is 0.000000640. The Kier molecular flexibility index (Phi) is 2.83. The molecular weight excluding hydrogens is 148 g/mol. The van der Waals surface area contributed by atoms with Crippen molar-refractivity contribution in [1.29, 1.82) is 0 Å². The Morgan fingerprint density at radius 2 is 2.00 bits per heavy atom. The molecule has 4 heteroatoms. The molecule has 0 unspecified atom stereocenters. The molecule has 1 fully saturated rings. The molecule has 0 aromatic rings. The monoisotopic (exact) mass is 157 g/mol. The van der Waals surface area contributed by atoms with Crippen molar-refractivity contribution in [3.05, 3.63) is 0 Å². The molecule has 1 saturated carbocycles. The van der Waals surface area contributed by atoms with E-state index < -0.39 is 5.92 Å². The first kappa shape index (κ1) is 9.11. The third kappa shape index (κ3) is 2.45. The molecular formula is C5H10ClF2N. The van der Waals surface area contributed by atoms with E-state index in [1.54, 1.807) is 0 Å². The number of rotatable bonds is 0. The van der Waals surface area contributed by atoms with Crippen LogP contribution in [0.15, 0.2) is 0 Å². The van der Waals surface area contributed by atoms with Crippen molar-refractivity contribution in [3.8, 4) is 0 Å². The van der Waals surface area contributed by atoms with Crippen LogP contribution in [-0.4, -0.2) is 12.0 Å². The van der Waals surface area contributed by atoms with Gasteiger partial charge in [-0.1, -0.05) is 0 Å². The lowest BCUT2D eigenvalue weighted by Crippen LogP contribution is -2.18. The van der Waals surface area contributed by atoms with Gasteiger partial charge in [0, 0.05) is 18.9 Å². The summed E-state index contributed by atoms with van der Waals surface area (Å²) < 4.78 is 24.2. The van der Waals surface area contributed by atoms with Crippen LogP contribution in [0.25, 0.3) is 0 Å². The highest BCUT2D eigenvalue weighted by molar-refractivity contribution is 5.85. The normalized spacial score (nSPS) is 31.7. The van der Waals surface area contributed by atoms with Crippen molar-refractivity contribution >= 4 is 12.4 Å². The van der Waals surface area contributed by atoms with E-state index in [0.717, 1.165) is 0 Å². The van der Waals surface area contributed by atoms with Crippen LogP contribution in [0.4, 0.5) is 8.78 Å². The molecule has 0 aliphatic heterocycles. The highest BCUT2D eigenvalue weighted by Gasteiger charge is 2.37. The van der Waals surface area contributed by atoms with Gasteiger partial charge in [0.05, 0.1) is 0 Å². The molecule has 0 heterocycles. The van der Waals surface area contributed by atoms with Gasteiger partial charge in [-0.2, -0.15) is 0 Å². The zero-order chi connectivity index (χ0) is 6.20. The van der Waals surface area contributed by atoms with E-state index in [2.05, 4.69) is 0 Å². The summed E-state index contributed by atoms with van der Waals surface area (Å²) in [7, 11) is 0. The standard InChI is InChI=1S/C5H9F2N.ClH/c6-5(7)2-1-4(8)3-5;/h4H,1-3,8H2;1H/t4-;/m1./s1. The summed E-state index contributed by atoms with van der Waals surface area (Å²) in [6.07, 6.45) is 0.341. The van der Waals surface area contributed by atoms with Crippen molar-refractivity contribution in [1.82, 2.24) is 0 Å². The first-order chi connectivity index (χ1) is 3.60. The first-order valence-corrected chi connectivity index (χ1v) is 2.73. The lowest BCUT2D eigenvalue weighted by atomic mass is 10.3. The minimum Gasteiger partial charge on any atom is -0.327 e. The minimum absolute atomic E-state index is 0. The summed E-state index contributed by atoms with van der Waals surface area (Å²) in [6, 6.07) is -0.259. The summed E-state index contributed by atoms with van der Waals surface area (Å²) in [5.41, 5.74) is 5.23. The van der Waals surface area contributed by atoms with Gasteiger partial charge in [0.25, 0.3) is 0 Å². The zero-order valence-corrected chi connectivity index (χ0v) is 5.76. The van der Waals surface area contributed by atoms with E-state index in [-0.39, 0.29) is 31.3 Å². The van der Waals surface area contributed by atoms with Crippen LogP contribution in [0.5, 0.6) is 0 Å². The molecule has 1 atom stereocenters. The Bertz CT molecular complexity index is 97.0. The number of alkyl halides is 2. The molecule has 0 bridgehead atoms. The summed E-state index contributed by atoms with van der Waals surface area (Å²) in [4.78, 5) is 0. The van der Waals surface area contributed by atoms with Gasteiger partial charge in [-0.05, 0) is 6.42 Å². The van der Waals surface area contributed by atoms with Gasteiger partial charge in [-0.15, -0.1) is 12.4 Å². The topological polar surface area (TPSA) is 26.0 Å². The molecule has 1 aliphatic rings. The summed E-state index contributed by atoms with van der Waals surface area (Å²) in [6.45, 7) is 0. The maximum absolute atomic E-state index is 12.1. The molecule has 0 amide bonds. The molecule has 1 rings (SSSR count). The van der Waals surface area contributed by atoms with Crippen molar-refractivity contribution in [2.45, 2.75) is 31.2 Å². The fraction of sp³-hybridized carbons (Fsp3) is 1.00. The van der Waals surface area contributed by atoms with E-state index in [9.17, 15) is 8.78 Å².